The largest absolute Gasteiger partial charge is 0.435 e. The molecule has 0 spiro atoms. The zero-order valence-corrected chi connectivity index (χ0v) is 9.35. The van der Waals surface area contributed by atoms with Crippen LogP contribution in [0.15, 0.2) is 34.9 Å². The van der Waals surface area contributed by atoms with E-state index in [2.05, 4.69) is 10.1 Å². The number of para-hydroxylation sites is 1. The normalized spacial score (nSPS) is 12.2. The minimum absolute atomic E-state index is 0.0663. The molecule has 0 saturated heterocycles. The van der Waals surface area contributed by atoms with Crippen LogP contribution in [-0.4, -0.2) is 14.8 Å². The van der Waals surface area contributed by atoms with Crippen LogP contribution in [0.5, 0.6) is 0 Å². The third-order valence-electron chi connectivity index (χ3n) is 2.51. The summed E-state index contributed by atoms with van der Waals surface area (Å²) in [7, 11) is 0. The van der Waals surface area contributed by atoms with Gasteiger partial charge in [-0.15, -0.1) is 0 Å². The predicted molar refractivity (Wildman–Crippen MR) is 60.5 cm³/mol. The second kappa shape index (κ2) is 3.74. The lowest BCUT2D eigenvalue weighted by molar-refractivity contribution is -0.141. The van der Waals surface area contributed by atoms with Gasteiger partial charge in [0.25, 0.3) is 0 Å². The molecule has 0 aliphatic carbocycles. The topological polar surface area (TPSA) is 69.9 Å². The van der Waals surface area contributed by atoms with E-state index in [4.69, 9.17) is 10.2 Å². The van der Waals surface area contributed by atoms with Crippen LogP contribution in [0, 0.1) is 0 Å². The molecule has 0 aliphatic heterocycles. The van der Waals surface area contributed by atoms with Gasteiger partial charge >= 0.3 is 12.2 Å². The van der Waals surface area contributed by atoms with Crippen LogP contribution in [0.2, 0.25) is 0 Å². The lowest BCUT2D eigenvalue weighted by Gasteiger charge is -1.99. The lowest BCUT2D eigenvalue weighted by Crippen LogP contribution is -2.07. The molecule has 8 heteroatoms. The monoisotopic (exact) mass is 268 g/mol. The van der Waals surface area contributed by atoms with E-state index in [1.54, 1.807) is 18.2 Å². The van der Waals surface area contributed by atoms with E-state index in [-0.39, 0.29) is 6.01 Å². The number of nitrogens with zero attached hydrogens (tertiary/aromatic N) is 3. The third kappa shape index (κ3) is 1.90. The Morgan fingerprint density at radius 2 is 2.00 bits per heavy atom. The molecule has 5 nitrogen and oxygen atoms in total. The maximum Gasteiger partial charge on any atom is 0.435 e. The Morgan fingerprint density at radius 3 is 2.63 bits per heavy atom. The van der Waals surface area contributed by atoms with Gasteiger partial charge in [-0.05, 0) is 18.2 Å². The molecular weight excluding hydrogens is 261 g/mol. The first-order chi connectivity index (χ1) is 8.95. The highest BCUT2D eigenvalue weighted by Gasteiger charge is 2.34. The maximum atomic E-state index is 12.4. The number of nitrogen functional groups attached to an aromatic ring is 1. The van der Waals surface area contributed by atoms with Gasteiger partial charge in [0.15, 0.2) is 11.3 Å². The lowest BCUT2D eigenvalue weighted by atomic mass is 10.3. The molecule has 0 aliphatic rings. The van der Waals surface area contributed by atoms with Gasteiger partial charge in [0, 0.05) is 6.20 Å². The smallest absolute Gasteiger partial charge is 0.422 e. The number of oxazole rings is 1. The number of anilines is 1. The fraction of sp³-hybridized carbons (Fsp3) is 0.0909. The van der Waals surface area contributed by atoms with Crippen molar-refractivity contribution in [3.05, 3.63) is 36.2 Å². The van der Waals surface area contributed by atoms with E-state index in [0.29, 0.717) is 16.8 Å². The van der Waals surface area contributed by atoms with E-state index in [1.807, 2.05) is 0 Å². The summed E-state index contributed by atoms with van der Waals surface area (Å²) in [6.45, 7) is 0. The zero-order valence-electron chi connectivity index (χ0n) is 9.35. The second-order valence-corrected chi connectivity index (χ2v) is 3.83. The molecule has 2 N–H and O–H groups in total. The molecule has 2 heterocycles. The average molecular weight is 268 g/mol. The predicted octanol–water partition coefficient (Wildman–Crippen LogP) is 2.61. The van der Waals surface area contributed by atoms with Gasteiger partial charge < -0.3 is 10.2 Å². The van der Waals surface area contributed by atoms with Crippen LogP contribution < -0.4 is 5.73 Å². The molecule has 0 radical (unpaired) electrons. The molecule has 0 atom stereocenters. The molecule has 3 aromatic rings. The van der Waals surface area contributed by atoms with Crippen LogP contribution in [0.25, 0.3) is 17.1 Å². The Balaban J connectivity index is 2.09. The minimum Gasteiger partial charge on any atom is -0.422 e. The van der Waals surface area contributed by atoms with Crippen molar-refractivity contribution in [1.82, 2.24) is 14.8 Å². The quantitative estimate of drug-likeness (QED) is 0.689. The summed E-state index contributed by atoms with van der Waals surface area (Å²) in [5.41, 5.74) is 5.84. The SMILES string of the molecule is Nc1cccc2oc(-n3ccc(C(F)(F)F)n3)nc12. The van der Waals surface area contributed by atoms with Crippen molar-refractivity contribution >= 4 is 16.8 Å². The molecule has 3 rings (SSSR count). The van der Waals surface area contributed by atoms with Gasteiger partial charge in [0.05, 0.1) is 5.69 Å². The molecule has 1 aromatic carbocycles. The molecule has 0 unspecified atom stereocenters. The maximum absolute atomic E-state index is 12.4. The molecule has 19 heavy (non-hydrogen) atoms. The number of halogens is 3. The average Bonchev–Trinajstić information content (AvgIpc) is 2.94. The van der Waals surface area contributed by atoms with Crippen molar-refractivity contribution in [1.29, 1.82) is 0 Å². The van der Waals surface area contributed by atoms with Crippen LogP contribution in [0.3, 0.4) is 0 Å². The van der Waals surface area contributed by atoms with Crippen molar-refractivity contribution in [2.45, 2.75) is 6.18 Å². The highest BCUT2D eigenvalue weighted by Crippen LogP contribution is 2.28. The van der Waals surface area contributed by atoms with Gasteiger partial charge in [-0.3, -0.25) is 0 Å². The fourth-order valence-electron chi connectivity index (χ4n) is 1.64. The Hall–Kier alpha value is -2.51. The Kier molecular flexibility index (Phi) is 2.28. The van der Waals surface area contributed by atoms with Gasteiger partial charge in [-0.25, -0.2) is 0 Å². The van der Waals surface area contributed by atoms with Crippen LogP contribution in [0.1, 0.15) is 5.69 Å². The molecule has 0 fully saturated rings. The highest BCUT2D eigenvalue weighted by molar-refractivity contribution is 5.85. The molecular formula is C11H7F3N4O. The van der Waals surface area contributed by atoms with Crippen molar-refractivity contribution < 1.29 is 17.6 Å². The van der Waals surface area contributed by atoms with E-state index < -0.39 is 11.9 Å². The first-order valence-electron chi connectivity index (χ1n) is 5.23. The van der Waals surface area contributed by atoms with E-state index in [9.17, 15) is 13.2 Å². The van der Waals surface area contributed by atoms with E-state index >= 15 is 0 Å². The Morgan fingerprint density at radius 1 is 1.21 bits per heavy atom. The van der Waals surface area contributed by atoms with Crippen molar-refractivity contribution in [3.8, 4) is 6.01 Å². The summed E-state index contributed by atoms with van der Waals surface area (Å²) < 4.78 is 43.5. The van der Waals surface area contributed by atoms with Crippen LogP contribution in [0.4, 0.5) is 18.9 Å². The number of alkyl halides is 3. The van der Waals surface area contributed by atoms with Crippen LogP contribution >= 0.6 is 0 Å². The van der Waals surface area contributed by atoms with E-state index in [1.165, 1.54) is 0 Å². The van der Waals surface area contributed by atoms with Gasteiger partial charge in [0.1, 0.15) is 5.52 Å². The first-order valence-corrected chi connectivity index (χ1v) is 5.23. The zero-order chi connectivity index (χ0) is 13.6. The van der Waals surface area contributed by atoms with Crippen LogP contribution in [-0.2, 0) is 6.18 Å². The second-order valence-electron chi connectivity index (χ2n) is 3.83. The highest BCUT2D eigenvalue weighted by atomic mass is 19.4. The van der Waals surface area contributed by atoms with Crippen molar-refractivity contribution in [2.75, 3.05) is 5.73 Å². The fourth-order valence-corrected chi connectivity index (χ4v) is 1.64. The van der Waals surface area contributed by atoms with Crippen molar-refractivity contribution in [2.24, 2.45) is 0 Å². The Bertz CT molecular complexity index is 744. The summed E-state index contributed by atoms with van der Waals surface area (Å²) in [6.07, 6.45) is -3.37. The number of aromatic nitrogens is 3. The summed E-state index contributed by atoms with van der Waals surface area (Å²) >= 11 is 0. The molecule has 0 amide bonds. The third-order valence-corrected chi connectivity index (χ3v) is 2.51. The molecule has 98 valence electrons. The summed E-state index contributed by atoms with van der Waals surface area (Å²) in [5.74, 6) is 0. The standard InChI is InChI=1S/C11H7F3N4O/c12-11(13,14)8-4-5-18(17-8)10-16-9-6(15)2-1-3-7(9)19-10/h1-5H,15H2. The summed E-state index contributed by atoms with van der Waals surface area (Å²) in [4.78, 5) is 4.02. The molecule has 0 bridgehead atoms. The number of nitrogens with two attached hydrogens (primary N) is 1. The first kappa shape index (κ1) is 11.6. The number of benzene rings is 1. The molecule has 2 aromatic heterocycles. The minimum atomic E-state index is -4.50. The van der Waals surface area contributed by atoms with Gasteiger partial charge in [-0.2, -0.15) is 27.9 Å². The van der Waals surface area contributed by atoms with Crippen molar-refractivity contribution in [3.63, 3.8) is 0 Å². The summed E-state index contributed by atoms with van der Waals surface area (Å²) in [5, 5.41) is 3.37. The van der Waals surface area contributed by atoms with Gasteiger partial charge in [0.2, 0.25) is 0 Å². The number of hydrogen-bond acceptors (Lipinski definition) is 4. The Labute approximate surface area is 104 Å². The molecule has 0 saturated carbocycles. The van der Waals surface area contributed by atoms with Gasteiger partial charge in [-0.1, -0.05) is 6.07 Å². The number of rotatable bonds is 1. The van der Waals surface area contributed by atoms with E-state index in [0.717, 1.165) is 16.9 Å². The number of fused-ring (bicyclic) bond motifs is 1. The summed E-state index contributed by atoms with van der Waals surface area (Å²) in [6, 6.07) is 5.69. The number of hydrogen-bond donors (Lipinski definition) is 1.